The van der Waals surface area contributed by atoms with Crippen molar-refractivity contribution in [1.82, 2.24) is 4.98 Å². The van der Waals surface area contributed by atoms with Gasteiger partial charge in [0.1, 0.15) is 0 Å². The van der Waals surface area contributed by atoms with Gasteiger partial charge in [-0.3, -0.25) is 0 Å². The number of halogens is 1. The highest BCUT2D eigenvalue weighted by molar-refractivity contribution is 7.14. The van der Waals surface area contributed by atoms with Crippen LogP contribution in [0.2, 0.25) is 5.02 Å². The largest absolute Gasteiger partial charge is 0.399 e. The van der Waals surface area contributed by atoms with E-state index in [-0.39, 0.29) is 0 Å². The lowest BCUT2D eigenvalue weighted by Crippen LogP contribution is -1.92. The zero-order valence-electron chi connectivity index (χ0n) is 10.5. The number of aromatic nitrogens is 1. The molecule has 0 spiro atoms. The number of nitrogens with one attached hydrogen (secondary N) is 1. The lowest BCUT2D eigenvalue weighted by Gasteiger charge is -2.05. The molecule has 3 aromatic rings. The molecule has 0 saturated heterocycles. The standard InChI is InChI=1S/C15H12ClN3S/c16-12-8-11(17)6-7-13(12)18-15-19-14(9-20-15)10-4-2-1-3-5-10/h1-9H,17H2,(H,18,19). The molecule has 0 bridgehead atoms. The second kappa shape index (κ2) is 5.53. The Morgan fingerprint density at radius 2 is 1.90 bits per heavy atom. The molecule has 0 saturated carbocycles. The molecule has 0 fully saturated rings. The number of anilines is 3. The van der Waals surface area contributed by atoms with Crippen molar-refractivity contribution in [2.45, 2.75) is 0 Å². The molecule has 0 amide bonds. The summed E-state index contributed by atoms with van der Waals surface area (Å²) in [5, 5.41) is 6.61. The minimum absolute atomic E-state index is 0.585. The van der Waals surface area contributed by atoms with Gasteiger partial charge in [0.25, 0.3) is 0 Å². The van der Waals surface area contributed by atoms with Crippen molar-refractivity contribution in [3.05, 3.63) is 58.9 Å². The number of hydrogen-bond donors (Lipinski definition) is 2. The first-order valence-corrected chi connectivity index (χ1v) is 7.31. The summed E-state index contributed by atoms with van der Waals surface area (Å²) >= 11 is 7.68. The zero-order valence-corrected chi connectivity index (χ0v) is 12.1. The Morgan fingerprint density at radius 1 is 1.10 bits per heavy atom. The van der Waals surface area contributed by atoms with E-state index in [1.165, 1.54) is 0 Å². The van der Waals surface area contributed by atoms with E-state index in [1.54, 1.807) is 23.5 Å². The molecule has 5 heteroatoms. The van der Waals surface area contributed by atoms with Gasteiger partial charge in [-0.1, -0.05) is 41.9 Å². The first-order valence-electron chi connectivity index (χ1n) is 6.05. The van der Waals surface area contributed by atoms with Gasteiger partial charge in [-0.05, 0) is 18.2 Å². The summed E-state index contributed by atoms with van der Waals surface area (Å²) in [6, 6.07) is 15.4. The van der Waals surface area contributed by atoms with E-state index in [0.29, 0.717) is 10.7 Å². The predicted octanol–water partition coefficient (Wildman–Crippen LogP) is 4.79. The van der Waals surface area contributed by atoms with Crippen LogP contribution in [0, 0.1) is 0 Å². The summed E-state index contributed by atoms with van der Waals surface area (Å²) in [5.74, 6) is 0. The van der Waals surface area contributed by atoms with Crippen molar-refractivity contribution >= 4 is 39.4 Å². The molecule has 1 aromatic heterocycles. The number of nitrogens with zero attached hydrogens (tertiary/aromatic N) is 1. The molecule has 0 unspecified atom stereocenters. The highest BCUT2D eigenvalue weighted by Gasteiger charge is 2.06. The maximum absolute atomic E-state index is 6.14. The molecular formula is C15H12ClN3S. The van der Waals surface area contributed by atoms with Crippen molar-refractivity contribution in [3.63, 3.8) is 0 Å². The van der Waals surface area contributed by atoms with Crippen LogP contribution in [-0.4, -0.2) is 4.98 Å². The summed E-state index contributed by atoms with van der Waals surface area (Å²) in [5.41, 5.74) is 9.17. The number of thiazole rings is 1. The van der Waals surface area contributed by atoms with Crippen molar-refractivity contribution in [3.8, 4) is 11.3 Å². The Bertz CT molecular complexity index is 725. The zero-order chi connectivity index (χ0) is 13.9. The van der Waals surface area contributed by atoms with Gasteiger partial charge in [0.2, 0.25) is 0 Å². The molecule has 1 heterocycles. The fourth-order valence-corrected chi connectivity index (χ4v) is 2.79. The molecule has 3 nitrogen and oxygen atoms in total. The summed E-state index contributed by atoms with van der Waals surface area (Å²) in [6.45, 7) is 0. The summed E-state index contributed by atoms with van der Waals surface area (Å²) in [4.78, 5) is 4.56. The van der Waals surface area contributed by atoms with E-state index in [0.717, 1.165) is 22.1 Å². The Morgan fingerprint density at radius 3 is 2.65 bits per heavy atom. The Hall–Kier alpha value is -2.04. The third kappa shape index (κ3) is 2.76. The lowest BCUT2D eigenvalue weighted by molar-refractivity contribution is 1.38. The van der Waals surface area contributed by atoms with E-state index < -0.39 is 0 Å². The van der Waals surface area contributed by atoms with Crippen LogP contribution >= 0.6 is 22.9 Å². The van der Waals surface area contributed by atoms with Gasteiger partial charge in [-0.15, -0.1) is 11.3 Å². The molecule has 0 aliphatic carbocycles. The van der Waals surface area contributed by atoms with Gasteiger partial charge in [-0.25, -0.2) is 4.98 Å². The summed E-state index contributed by atoms with van der Waals surface area (Å²) < 4.78 is 0. The minimum atomic E-state index is 0.585. The predicted molar refractivity (Wildman–Crippen MR) is 86.7 cm³/mol. The third-order valence-electron chi connectivity index (χ3n) is 2.81. The average Bonchev–Trinajstić information content (AvgIpc) is 2.92. The third-order valence-corrected chi connectivity index (χ3v) is 3.88. The molecule has 3 N–H and O–H groups in total. The van der Waals surface area contributed by atoms with Crippen LogP contribution in [0.4, 0.5) is 16.5 Å². The van der Waals surface area contributed by atoms with Crippen LogP contribution in [0.5, 0.6) is 0 Å². The maximum Gasteiger partial charge on any atom is 0.187 e. The molecule has 0 aliphatic rings. The van der Waals surface area contributed by atoms with Crippen LogP contribution in [0.25, 0.3) is 11.3 Å². The average molecular weight is 302 g/mol. The molecule has 2 aromatic carbocycles. The molecular weight excluding hydrogens is 290 g/mol. The quantitative estimate of drug-likeness (QED) is 0.684. The van der Waals surface area contributed by atoms with Crippen molar-refractivity contribution in [2.75, 3.05) is 11.1 Å². The Balaban J connectivity index is 1.84. The number of hydrogen-bond acceptors (Lipinski definition) is 4. The fourth-order valence-electron chi connectivity index (χ4n) is 1.82. The lowest BCUT2D eigenvalue weighted by atomic mass is 10.2. The molecule has 3 rings (SSSR count). The number of benzene rings is 2. The summed E-state index contributed by atoms with van der Waals surface area (Å²) in [7, 11) is 0. The van der Waals surface area contributed by atoms with E-state index >= 15 is 0 Å². The van der Waals surface area contributed by atoms with E-state index in [9.17, 15) is 0 Å². The van der Waals surface area contributed by atoms with Crippen molar-refractivity contribution in [2.24, 2.45) is 0 Å². The Labute approximate surface area is 126 Å². The first kappa shape index (κ1) is 13.0. The van der Waals surface area contributed by atoms with E-state index in [1.807, 2.05) is 41.8 Å². The first-order chi connectivity index (χ1) is 9.72. The van der Waals surface area contributed by atoms with Crippen LogP contribution in [0.1, 0.15) is 0 Å². The number of rotatable bonds is 3. The normalized spacial score (nSPS) is 10.4. The smallest absolute Gasteiger partial charge is 0.187 e. The van der Waals surface area contributed by atoms with Crippen molar-refractivity contribution in [1.29, 1.82) is 0 Å². The highest BCUT2D eigenvalue weighted by atomic mass is 35.5. The monoisotopic (exact) mass is 301 g/mol. The molecule has 100 valence electrons. The van der Waals surface area contributed by atoms with Gasteiger partial charge < -0.3 is 11.1 Å². The molecule has 0 atom stereocenters. The van der Waals surface area contributed by atoms with Crippen LogP contribution < -0.4 is 11.1 Å². The van der Waals surface area contributed by atoms with Crippen molar-refractivity contribution < 1.29 is 0 Å². The number of nitrogen functional groups attached to an aromatic ring is 1. The second-order valence-electron chi connectivity index (χ2n) is 4.27. The molecule has 20 heavy (non-hydrogen) atoms. The van der Waals surface area contributed by atoms with Crippen LogP contribution in [-0.2, 0) is 0 Å². The SMILES string of the molecule is Nc1ccc(Nc2nc(-c3ccccc3)cs2)c(Cl)c1. The van der Waals surface area contributed by atoms with Gasteiger partial charge in [0.05, 0.1) is 16.4 Å². The summed E-state index contributed by atoms with van der Waals surface area (Å²) in [6.07, 6.45) is 0. The Kier molecular flexibility index (Phi) is 3.58. The second-order valence-corrected chi connectivity index (χ2v) is 5.53. The number of nitrogens with two attached hydrogens (primary N) is 1. The molecule has 0 radical (unpaired) electrons. The minimum Gasteiger partial charge on any atom is -0.399 e. The van der Waals surface area contributed by atoms with Crippen LogP contribution in [0.15, 0.2) is 53.9 Å². The van der Waals surface area contributed by atoms with E-state index in [4.69, 9.17) is 17.3 Å². The van der Waals surface area contributed by atoms with Crippen LogP contribution in [0.3, 0.4) is 0 Å². The van der Waals surface area contributed by atoms with E-state index in [2.05, 4.69) is 10.3 Å². The fraction of sp³-hybridized carbons (Fsp3) is 0. The van der Waals surface area contributed by atoms with Gasteiger partial charge in [0, 0.05) is 16.6 Å². The highest BCUT2D eigenvalue weighted by Crippen LogP contribution is 2.30. The topological polar surface area (TPSA) is 50.9 Å². The maximum atomic E-state index is 6.14. The molecule has 0 aliphatic heterocycles. The van der Waals surface area contributed by atoms with Gasteiger partial charge in [-0.2, -0.15) is 0 Å². The van der Waals surface area contributed by atoms with Gasteiger partial charge in [0.15, 0.2) is 5.13 Å². The van der Waals surface area contributed by atoms with Gasteiger partial charge >= 0.3 is 0 Å².